The molecule has 0 saturated heterocycles. The second-order valence-corrected chi connectivity index (χ2v) is 8.21. The van der Waals surface area contributed by atoms with Gasteiger partial charge in [-0.2, -0.15) is 0 Å². The van der Waals surface area contributed by atoms with Crippen molar-refractivity contribution in [3.63, 3.8) is 0 Å². The molecule has 0 amide bonds. The fraction of sp³-hybridized carbons (Fsp3) is 0.560. The van der Waals surface area contributed by atoms with E-state index in [-0.39, 0.29) is 6.10 Å². The van der Waals surface area contributed by atoms with Gasteiger partial charge in [0.25, 0.3) is 0 Å². The van der Waals surface area contributed by atoms with Crippen LogP contribution in [0.1, 0.15) is 57.9 Å². The molecule has 1 aromatic rings. The molecule has 1 aliphatic carbocycles. The Morgan fingerprint density at radius 1 is 1.19 bits per heavy atom. The number of aliphatic hydroxyl groups excluding tert-OH is 1. The number of carbonyl (C=O) groups excluding carboxylic acids is 1. The molecule has 0 aromatic heterocycles. The molecule has 1 fully saturated rings. The van der Waals surface area contributed by atoms with E-state index in [2.05, 4.69) is 68.5 Å². The number of unbranched alkanes of at least 4 members (excludes halogenated alkanes) is 2. The first-order chi connectivity index (χ1) is 13.1. The number of rotatable bonds is 11. The van der Waals surface area contributed by atoms with Gasteiger partial charge >= 0.3 is 0 Å². The van der Waals surface area contributed by atoms with Gasteiger partial charge < -0.3 is 9.90 Å². The summed E-state index contributed by atoms with van der Waals surface area (Å²) in [6.07, 6.45) is 16.5. The van der Waals surface area contributed by atoms with Crippen LogP contribution in [0.15, 0.2) is 54.6 Å². The van der Waals surface area contributed by atoms with E-state index in [4.69, 9.17) is 0 Å². The molecule has 1 N–H and O–H groups in total. The number of aliphatic hydroxyl groups is 1. The minimum Gasteiger partial charge on any atom is -0.393 e. The number of aryl methyl sites for hydroxylation is 1. The first-order valence-corrected chi connectivity index (χ1v) is 10.6. The van der Waals surface area contributed by atoms with Gasteiger partial charge in [0.05, 0.1) is 6.10 Å². The Kier molecular flexibility index (Phi) is 9.55. The summed E-state index contributed by atoms with van der Waals surface area (Å²) in [5.74, 6) is 1.86. The largest absolute Gasteiger partial charge is 0.393 e. The fourth-order valence-corrected chi connectivity index (χ4v) is 4.18. The van der Waals surface area contributed by atoms with Gasteiger partial charge in [-0.25, -0.2) is 0 Å². The average molecular weight is 369 g/mol. The Hall–Kier alpha value is -1.67. The second kappa shape index (κ2) is 11.9. The lowest BCUT2D eigenvalue weighted by molar-refractivity contribution is -0.107. The zero-order valence-electron chi connectivity index (χ0n) is 17.0. The third kappa shape index (κ3) is 7.46. The van der Waals surface area contributed by atoms with Crippen LogP contribution >= 0.6 is 0 Å². The van der Waals surface area contributed by atoms with Crippen LogP contribution < -0.4 is 0 Å². The molecule has 27 heavy (non-hydrogen) atoms. The van der Waals surface area contributed by atoms with Crippen LogP contribution in [0.3, 0.4) is 0 Å². The minimum atomic E-state index is -0.200. The van der Waals surface area contributed by atoms with Gasteiger partial charge in [0.1, 0.15) is 6.29 Å². The Labute approximate surface area is 165 Å². The van der Waals surface area contributed by atoms with E-state index >= 15 is 0 Å². The van der Waals surface area contributed by atoms with Crippen LogP contribution in [-0.2, 0) is 11.2 Å². The summed E-state index contributed by atoms with van der Waals surface area (Å²) in [5.41, 5.74) is 1.40. The predicted molar refractivity (Wildman–Crippen MR) is 114 cm³/mol. The fourth-order valence-electron chi connectivity index (χ4n) is 4.18. The standard InChI is InChI=1S/C25H36O2/c1-20(14-16-22-11-7-6-8-12-22)15-17-23-21(2)19-25(27)24(23)13-9-4-3-5-10-18-26/h4,6-9,11-12,15,17-18,20-21,23-25,27H,3,5,10,13-14,16,19H2,1-2H3/b9-4-,17-15+/t20-,21+,23-,24+,25-/m0/s1. The average Bonchev–Trinajstić information content (AvgIpc) is 2.94. The summed E-state index contributed by atoms with van der Waals surface area (Å²) in [5, 5.41) is 10.5. The van der Waals surface area contributed by atoms with Gasteiger partial charge in [-0.3, -0.25) is 0 Å². The van der Waals surface area contributed by atoms with Crippen molar-refractivity contribution in [3.05, 3.63) is 60.2 Å². The van der Waals surface area contributed by atoms with E-state index in [1.165, 1.54) is 5.56 Å². The van der Waals surface area contributed by atoms with Crippen molar-refractivity contribution >= 4 is 6.29 Å². The van der Waals surface area contributed by atoms with Crippen molar-refractivity contribution in [1.82, 2.24) is 0 Å². The van der Waals surface area contributed by atoms with Crippen molar-refractivity contribution in [2.75, 3.05) is 0 Å². The summed E-state index contributed by atoms with van der Waals surface area (Å²) >= 11 is 0. The highest BCUT2D eigenvalue weighted by atomic mass is 16.3. The predicted octanol–water partition coefficient (Wildman–Crippen LogP) is 5.76. The maximum atomic E-state index is 10.5. The van der Waals surface area contributed by atoms with E-state index in [0.29, 0.717) is 30.1 Å². The summed E-state index contributed by atoms with van der Waals surface area (Å²) in [6, 6.07) is 10.7. The number of benzene rings is 1. The Bertz CT molecular complexity index is 590. The highest BCUT2D eigenvalue weighted by Crippen LogP contribution is 2.40. The Balaban J connectivity index is 1.83. The van der Waals surface area contributed by atoms with Gasteiger partial charge in [-0.05, 0) is 67.8 Å². The molecule has 0 radical (unpaired) electrons. The van der Waals surface area contributed by atoms with Crippen LogP contribution in [0.2, 0.25) is 0 Å². The smallest absolute Gasteiger partial charge is 0.120 e. The van der Waals surface area contributed by atoms with E-state index in [1.807, 2.05) is 0 Å². The van der Waals surface area contributed by atoms with Gasteiger partial charge in [0, 0.05) is 6.42 Å². The molecule has 0 heterocycles. The van der Waals surface area contributed by atoms with Crippen LogP contribution in [0.4, 0.5) is 0 Å². The van der Waals surface area contributed by atoms with Gasteiger partial charge in [-0.15, -0.1) is 0 Å². The number of aldehydes is 1. The monoisotopic (exact) mass is 368 g/mol. The number of carbonyl (C=O) groups is 1. The normalized spacial score (nSPS) is 26.8. The van der Waals surface area contributed by atoms with Crippen molar-refractivity contribution in [2.45, 2.75) is 64.9 Å². The summed E-state index contributed by atoms with van der Waals surface area (Å²) < 4.78 is 0. The van der Waals surface area contributed by atoms with Crippen LogP contribution in [-0.4, -0.2) is 17.5 Å². The SMILES string of the molecule is C[C@H](/C=C/[C@@H]1[C@@H](C/C=C\CCCC=O)[C@@H](O)C[C@H]1C)CCc1ccccc1. The lowest BCUT2D eigenvalue weighted by Gasteiger charge is -2.20. The summed E-state index contributed by atoms with van der Waals surface area (Å²) in [4.78, 5) is 10.4. The first kappa shape index (κ1) is 21.6. The molecule has 2 nitrogen and oxygen atoms in total. The third-order valence-electron chi connectivity index (χ3n) is 5.92. The van der Waals surface area contributed by atoms with Crippen LogP contribution in [0.5, 0.6) is 0 Å². The zero-order chi connectivity index (χ0) is 19.5. The molecule has 0 aliphatic heterocycles. The van der Waals surface area contributed by atoms with E-state index in [0.717, 1.165) is 44.8 Å². The maximum absolute atomic E-state index is 10.5. The molecule has 148 valence electrons. The summed E-state index contributed by atoms with van der Waals surface area (Å²) in [7, 11) is 0. The third-order valence-corrected chi connectivity index (χ3v) is 5.92. The highest BCUT2D eigenvalue weighted by Gasteiger charge is 2.37. The number of hydrogen-bond donors (Lipinski definition) is 1. The quantitative estimate of drug-likeness (QED) is 0.306. The molecule has 1 aromatic carbocycles. The lowest BCUT2D eigenvalue weighted by atomic mass is 9.86. The molecule has 2 heteroatoms. The van der Waals surface area contributed by atoms with Crippen LogP contribution in [0, 0.1) is 23.7 Å². The van der Waals surface area contributed by atoms with E-state index in [9.17, 15) is 9.90 Å². The van der Waals surface area contributed by atoms with Gasteiger partial charge in [-0.1, -0.05) is 68.5 Å². The number of allylic oxidation sites excluding steroid dienone is 4. The van der Waals surface area contributed by atoms with E-state index < -0.39 is 0 Å². The Morgan fingerprint density at radius 2 is 1.96 bits per heavy atom. The molecule has 0 unspecified atom stereocenters. The van der Waals surface area contributed by atoms with Gasteiger partial charge in [0.15, 0.2) is 0 Å². The molecular formula is C25H36O2. The van der Waals surface area contributed by atoms with Crippen molar-refractivity contribution in [1.29, 1.82) is 0 Å². The molecule has 5 atom stereocenters. The van der Waals surface area contributed by atoms with Gasteiger partial charge in [0.2, 0.25) is 0 Å². The van der Waals surface area contributed by atoms with Crippen molar-refractivity contribution < 1.29 is 9.90 Å². The maximum Gasteiger partial charge on any atom is 0.120 e. The molecule has 1 saturated carbocycles. The number of hydrogen-bond acceptors (Lipinski definition) is 2. The minimum absolute atomic E-state index is 0.200. The first-order valence-electron chi connectivity index (χ1n) is 10.6. The van der Waals surface area contributed by atoms with Crippen molar-refractivity contribution in [3.8, 4) is 0 Å². The zero-order valence-corrected chi connectivity index (χ0v) is 17.0. The molecule has 1 aliphatic rings. The van der Waals surface area contributed by atoms with Crippen molar-refractivity contribution in [2.24, 2.45) is 23.7 Å². The second-order valence-electron chi connectivity index (χ2n) is 8.21. The summed E-state index contributed by atoms with van der Waals surface area (Å²) in [6.45, 7) is 4.55. The topological polar surface area (TPSA) is 37.3 Å². The molecular weight excluding hydrogens is 332 g/mol. The molecule has 0 spiro atoms. The highest BCUT2D eigenvalue weighted by molar-refractivity contribution is 5.49. The van der Waals surface area contributed by atoms with E-state index in [1.54, 1.807) is 0 Å². The van der Waals surface area contributed by atoms with Crippen LogP contribution in [0.25, 0.3) is 0 Å². The Morgan fingerprint density at radius 3 is 2.70 bits per heavy atom. The lowest BCUT2D eigenvalue weighted by Crippen LogP contribution is -2.18. The molecule has 0 bridgehead atoms. The molecule has 2 rings (SSSR count).